The summed E-state index contributed by atoms with van der Waals surface area (Å²) in [6.45, 7) is 0.236. The first-order valence-corrected chi connectivity index (χ1v) is 15.2. The molecule has 3 aromatic carbocycles. The molecule has 0 bridgehead atoms. The van der Waals surface area contributed by atoms with Crippen LogP contribution in [0.25, 0.3) is 11.1 Å². The molecule has 4 rings (SSSR count). The van der Waals surface area contributed by atoms with Crippen LogP contribution < -0.4 is 15.8 Å². The van der Waals surface area contributed by atoms with Gasteiger partial charge in [0.15, 0.2) is 0 Å². The van der Waals surface area contributed by atoms with Crippen molar-refractivity contribution in [2.75, 3.05) is 5.75 Å². The fourth-order valence-corrected chi connectivity index (χ4v) is 5.52. The monoisotopic (exact) mass is 604 g/mol. The zero-order valence-electron chi connectivity index (χ0n) is 22.3. The number of carboxylic acid groups (broad SMARTS) is 1. The van der Waals surface area contributed by atoms with Crippen LogP contribution in [-0.2, 0) is 16.6 Å². The Morgan fingerprint density at radius 3 is 2.38 bits per heavy atom. The Labute approximate surface area is 247 Å². The predicted octanol–water partition coefficient (Wildman–Crippen LogP) is 4.97. The van der Waals surface area contributed by atoms with Crippen LogP contribution in [0.4, 0.5) is 4.79 Å². The highest BCUT2D eigenvalue weighted by Gasteiger charge is 2.23. The minimum atomic E-state index is -4.16. The number of sulfonamides is 1. The van der Waals surface area contributed by atoms with Gasteiger partial charge in [-0.05, 0) is 71.3 Å². The number of rotatable bonds is 12. The van der Waals surface area contributed by atoms with Crippen LogP contribution in [-0.4, -0.2) is 47.3 Å². The molecule has 0 saturated heterocycles. The molecule has 0 saturated carbocycles. The van der Waals surface area contributed by atoms with E-state index in [0.29, 0.717) is 28.6 Å². The van der Waals surface area contributed by atoms with Gasteiger partial charge in [-0.15, -0.1) is 4.40 Å². The molecule has 1 atom stereocenters. The quantitative estimate of drug-likeness (QED) is 0.150. The molecule has 12 heteroatoms. The van der Waals surface area contributed by atoms with E-state index in [-0.39, 0.29) is 29.5 Å². The van der Waals surface area contributed by atoms with E-state index in [9.17, 15) is 18.0 Å². The van der Waals surface area contributed by atoms with Gasteiger partial charge in [-0.1, -0.05) is 54.6 Å². The van der Waals surface area contributed by atoms with Gasteiger partial charge in [-0.2, -0.15) is 8.42 Å². The average molecular weight is 605 g/mol. The standard InChI is InChI=1S/C30H28N4O6S2/c31-28(34-42(38,39)24-11-5-2-6-12-24)27(15-17-41-30(36)37)33-29(35)25-14-13-21(20-40-23-10-7-16-32-19-23)18-26(25)22-8-3-1-4-9-22/h1-14,16,18-19,27H,15,17,20H2,(H2,31,34)(H,33,35)(H,36,37)/t27-/m0/s1. The summed E-state index contributed by atoms with van der Waals surface area (Å²) in [4.78, 5) is 28.7. The predicted molar refractivity (Wildman–Crippen MR) is 162 cm³/mol. The second-order valence-electron chi connectivity index (χ2n) is 8.96. The highest BCUT2D eigenvalue weighted by atomic mass is 32.2. The van der Waals surface area contributed by atoms with Crippen molar-refractivity contribution < 1.29 is 27.9 Å². The summed E-state index contributed by atoms with van der Waals surface area (Å²) >= 11 is 0.607. The Morgan fingerprint density at radius 1 is 1.00 bits per heavy atom. The van der Waals surface area contributed by atoms with Gasteiger partial charge in [-0.3, -0.25) is 9.78 Å². The Hall–Kier alpha value is -4.68. The van der Waals surface area contributed by atoms with E-state index in [4.69, 9.17) is 15.6 Å². The summed E-state index contributed by atoms with van der Waals surface area (Å²) in [5.74, 6) is -0.240. The lowest BCUT2D eigenvalue weighted by Crippen LogP contribution is -2.45. The number of amidine groups is 1. The van der Waals surface area contributed by atoms with Crippen LogP contribution in [0.3, 0.4) is 0 Å². The van der Waals surface area contributed by atoms with Crippen molar-refractivity contribution in [1.82, 2.24) is 10.3 Å². The second kappa shape index (κ2) is 14.3. The average Bonchev–Trinajstić information content (AvgIpc) is 3.00. The van der Waals surface area contributed by atoms with E-state index in [1.807, 2.05) is 36.4 Å². The smallest absolute Gasteiger partial charge is 0.364 e. The number of hydrogen-bond acceptors (Lipinski definition) is 7. The number of nitrogens with one attached hydrogen (secondary N) is 1. The van der Waals surface area contributed by atoms with E-state index >= 15 is 0 Å². The number of benzene rings is 3. The van der Waals surface area contributed by atoms with Gasteiger partial charge < -0.3 is 20.9 Å². The maximum Gasteiger partial charge on any atom is 0.364 e. The minimum Gasteiger partial charge on any atom is -0.487 e. The third kappa shape index (κ3) is 8.41. The summed E-state index contributed by atoms with van der Waals surface area (Å²) < 4.78 is 35.2. The maximum absolute atomic E-state index is 13.6. The molecule has 0 radical (unpaired) electrons. The van der Waals surface area contributed by atoms with E-state index in [1.54, 1.807) is 54.9 Å². The molecular weight excluding hydrogens is 576 g/mol. The van der Waals surface area contributed by atoms with Gasteiger partial charge in [0.2, 0.25) is 0 Å². The summed E-state index contributed by atoms with van der Waals surface area (Å²) in [5.41, 5.74) is 8.63. The first kappa shape index (κ1) is 30.3. The summed E-state index contributed by atoms with van der Waals surface area (Å²) in [5, 5.41) is 10.7. The zero-order chi connectivity index (χ0) is 30.0. The number of ether oxygens (including phenoxy) is 1. The van der Waals surface area contributed by atoms with Crippen LogP contribution in [0.15, 0.2) is 113 Å². The summed E-state index contributed by atoms with van der Waals surface area (Å²) in [6, 6.07) is 24.6. The van der Waals surface area contributed by atoms with Crippen LogP contribution in [0.2, 0.25) is 0 Å². The summed E-state index contributed by atoms with van der Waals surface area (Å²) in [7, 11) is -4.16. The number of hydrogen-bond donors (Lipinski definition) is 3. The van der Waals surface area contributed by atoms with Crippen LogP contribution in [0, 0.1) is 0 Å². The maximum atomic E-state index is 13.6. The number of amides is 1. The van der Waals surface area contributed by atoms with E-state index in [0.717, 1.165) is 11.1 Å². The van der Waals surface area contributed by atoms with Gasteiger partial charge in [0.25, 0.3) is 15.9 Å². The van der Waals surface area contributed by atoms with Crippen molar-refractivity contribution in [3.05, 3.63) is 115 Å². The number of carbonyl (C=O) groups is 2. The molecule has 0 aliphatic rings. The highest BCUT2D eigenvalue weighted by molar-refractivity contribution is 8.13. The molecule has 0 aliphatic heterocycles. The van der Waals surface area contributed by atoms with E-state index < -0.39 is 27.3 Å². The number of nitrogens with zero attached hydrogens (tertiary/aromatic N) is 2. The highest BCUT2D eigenvalue weighted by Crippen LogP contribution is 2.26. The lowest BCUT2D eigenvalue weighted by Gasteiger charge is -2.20. The number of carbonyl (C=O) groups excluding carboxylic acids is 1. The minimum absolute atomic E-state index is 0.0278. The molecule has 216 valence electrons. The molecule has 0 unspecified atom stereocenters. The lowest BCUT2D eigenvalue weighted by atomic mass is 9.96. The first-order chi connectivity index (χ1) is 20.2. The molecular formula is C30H28N4O6S2. The third-order valence-electron chi connectivity index (χ3n) is 6.01. The number of thioether (sulfide) groups is 1. The van der Waals surface area contributed by atoms with Gasteiger partial charge in [0, 0.05) is 17.5 Å². The molecule has 42 heavy (non-hydrogen) atoms. The number of pyridine rings is 1. The van der Waals surface area contributed by atoms with Crippen molar-refractivity contribution in [1.29, 1.82) is 0 Å². The third-order valence-corrected chi connectivity index (χ3v) is 8.02. The van der Waals surface area contributed by atoms with Crippen molar-refractivity contribution in [3.8, 4) is 16.9 Å². The molecule has 0 spiro atoms. The first-order valence-electron chi connectivity index (χ1n) is 12.8. The number of aromatic nitrogens is 1. The molecule has 4 N–H and O–H groups in total. The topological polar surface area (TPSA) is 161 Å². The fourth-order valence-electron chi connectivity index (χ4n) is 3.98. The van der Waals surface area contributed by atoms with Crippen molar-refractivity contribution in [2.45, 2.75) is 24.0 Å². The normalized spacial score (nSPS) is 12.3. The molecule has 10 nitrogen and oxygen atoms in total. The second-order valence-corrected chi connectivity index (χ2v) is 11.6. The SMILES string of the molecule is NC(=NS(=O)(=O)c1ccccc1)[C@H](CCSC(=O)O)NC(=O)c1ccc(COc2cccnc2)cc1-c1ccccc1. The lowest BCUT2D eigenvalue weighted by molar-refractivity contribution is 0.0946. The molecule has 4 aromatic rings. The van der Waals surface area contributed by atoms with Crippen molar-refractivity contribution in [2.24, 2.45) is 10.1 Å². The Balaban J connectivity index is 1.63. The molecule has 1 heterocycles. The Morgan fingerprint density at radius 2 is 1.71 bits per heavy atom. The van der Waals surface area contributed by atoms with Crippen molar-refractivity contribution in [3.63, 3.8) is 0 Å². The number of nitrogens with two attached hydrogens (primary N) is 1. The van der Waals surface area contributed by atoms with Crippen molar-refractivity contribution >= 4 is 38.8 Å². The molecule has 1 aromatic heterocycles. The van der Waals surface area contributed by atoms with Gasteiger partial charge in [0.1, 0.15) is 18.2 Å². The Kier molecular flexibility index (Phi) is 10.3. The van der Waals surface area contributed by atoms with Crippen LogP contribution in [0.1, 0.15) is 22.3 Å². The molecule has 0 fully saturated rings. The van der Waals surface area contributed by atoms with Gasteiger partial charge in [0.05, 0.1) is 17.1 Å². The molecule has 1 amide bonds. The Bertz CT molecular complexity index is 1650. The largest absolute Gasteiger partial charge is 0.487 e. The van der Waals surface area contributed by atoms with E-state index in [2.05, 4.69) is 14.7 Å². The van der Waals surface area contributed by atoms with Gasteiger partial charge >= 0.3 is 5.30 Å². The van der Waals surface area contributed by atoms with Crippen LogP contribution in [0.5, 0.6) is 5.75 Å². The van der Waals surface area contributed by atoms with E-state index in [1.165, 1.54) is 12.1 Å². The van der Waals surface area contributed by atoms with Crippen LogP contribution >= 0.6 is 11.8 Å². The fraction of sp³-hybridized carbons (Fsp3) is 0.133. The van der Waals surface area contributed by atoms with Gasteiger partial charge in [-0.25, -0.2) is 4.79 Å². The summed E-state index contributed by atoms with van der Waals surface area (Å²) in [6.07, 6.45) is 3.28. The molecule has 0 aliphatic carbocycles. The zero-order valence-corrected chi connectivity index (χ0v) is 23.9.